The van der Waals surface area contributed by atoms with Crippen molar-refractivity contribution in [2.75, 3.05) is 0 Å². The molecule has 0 saturated heterocycles. The predicted octanol–water partition coefficient (Wildman–Crippen LogP) is 1.65. The molecule has 1 aliphatic carbocycles. The second-order valence-electron chi connectivity index (χ2n) is 4.66. The van der Waals surface area contributed by atoms with Crippen molar-refractivity contribution in [2.45, 2.75) is 36.2 Å². The lowest BCUT2D eigenvalue weighted by atomic mass is 10.00. The molecule has 18 heavy (non-hydrogen) atoms. The van der Waals surface area contributed by atoms with Crippen molar-refractivity contribution in [1.29, 1.82) is 0 Å². The molecule has 0 amide bonds. The average molecular weight is 268 g/mol. The summed E-state index contributed by atoms with van der Waals surface area (Å²) in [6.07, 6.45) is 2.12. The summed E-state index contributed by atoms with van der Waals surface area (Å²) in [7, 11) is -3.56. The minimum atomic E-state index is -3.56. The predicted molar refractivity (Wildman–Crippen MR) is 68.1 cm³/mol. The zero-order valence-electron chi connectivity index (χ0n) is 9.95. The third-order valence-electron chi connectivity index (χ3n) is 3.45. The van der Waals surface area contributed by atoms with E-state index in [1.165, 1.54) is 0 Å². The summed E-state index contributed by atoms with van der Waals surface area (Å²) in [5.41, 5.74) is 0.743. The van der Waals surface area contributed by atoms with E-state index in [2.05, 4.69) is 0 Å². The molecule has 0 heterocycles. The molecule has 1 unspecified atom stereocenters. The highest BCUT2D eigenvalue weighted by Crippen LogP contribution is 2.30. The van der Waals surface area contributed by atoms with E-state index in [4.69, 9.17) is 5.11 Å². The summed E-state index contributed by atoms with van der Waals surface area (Å²) < 4.78 is 24.4. The molecule has 2 rings (SSSR count). The van der Waals surface area contributed by atoms with Crippen molar-refractivity contribution in [3.8, 4) is 0 Å². The van der Waals surface area contributed by atoms with Crippen molar-refractivity contribution in [3.63, 3.8) is 0 Å². The van der Waals surface area contributed by atoms with Gasteiger partial charge >= 0.3 is 5.97 Å². The van der Waals surface area contributed by atoms with Crippen LogP contribution in [-0.2, 0) is 21.1 Å². The molecule has 1 N–H and O–H groups in total. The van der Waals surface area contributed by atoms with Gasteiger partial charge in [-0.1, -0.05) is 36.8 Å². The highest BCUT2D eigenvalue weighted by Gasteiger charge is 2.41. The summed E-state index contributed by atoms with van der Waals surface area (Å²) in [5.74, 6) is -1.24. The van der Waals surface area contributed by atoms with Gasteiger partial charge in [0.2, 0.25) is 0 Å². The standard InChI is InChI=1S/C13H16O4S/c14-13(15)12(9-10-5-2-1-3-6-10)18(16,17)11-7-4-8-11/h1-3,5-6,11-12H,4,7-9H2,(H,14,15). The maximum atomic E-state index is 12.2. The molecule has 98 valence electrons. The van der Waals surface area contributed by atoms with Crippen molar-refractivity contribution in [3.05, 3.63) is 35.9 Å². The number of carbonyl (C=O) groups is 1. The van der Waals surface area contributed by atoms with E-state index < -0.39 is 26.3 Å². The quantitative estimate of drug-likeness (QED) is 0.881. The number of carboxylic acid groups (broad SMARTS) is 1. The van der Waals surface area contributed by atoms with Crippen molar-refractivity contribution in [1.82, 2.24) is 0 Å². The number of hydrogen-bond donors (Lipinski definition) is 1. The van der Waals surface area contributed by atoms with Crippen LogP contribution in [0.4, 0.5) is 0 Å². The van der Waals surface area contributed by atoms with Crippen molar-refractivity contribution < 1.29 is 18.3 Å². The Bertz CT molecular complexity index is 517. The van der Waals surface area contributed by atoms with Crippen LogP contribution in [0.15, 0.2) is 30.3 Å². The summed E-state index contributed by atoms with van der Waals surface area (Å²) in [6.45, 7) is 0. The van der Waals surface area contributed by atoms with Crippen LogP contribution < -0.4 is 0 Å². The van der Waals surface area contributed by atoms with Crippen LogP contribution in [0.25, 0.3) is 0 Å². The van der Waals surface area contributed by atoms with E-state index in [1.54, 1.807) is 24.3 Å². The second kappa shape index (κ2) is 5.10. The normalized spacial score (nSPS) is 18.0. The lowest BCUT2D eigenvalue weighted by molar-refractivity contribution is -0.136. The number of rotatable bonds is 5. The number of benzene rings is 1. The Kier molecular flexibility index (Phi) is 3.71. The lowest BCUT2D eigenvalue weighted by Gasteiger charge is -2.28. The topological polar surface area (TPSA) is 71.4 Å². The highest BCUT2D eigenvalue weighted by molar-refractivity contribution is 7.93. The first-order chi connectivity index (χ1) is 8.51. The molecule has 1 saturated carbocycles. The molecular weight excluding hydrogens is 252 g/mol. The molecule has 1 aromatic carbocycles. The Morgan fingerprint density at radius 3 is 2.33 bits per heavy atom. The van der Waals surface area contributed by atoms with Crippen LogP contribution in [0, 0.1) is 0 Å². The van der Waals surface area contributed by atoms with E-state index in [-0.39, 0.29) is 6.42 Å². The minimum Gasteiger partial charge on any atom is -0.480 e. The van der Waals surface area contributed by atoms with Gasteiger partial charge in [0.15, 0.2) is 15.1 Å². The molecule has 1 atom stereocenters. The maximum absolute atomic E-state index is 12.2. The molecule has 0 aliphatic heterocycles. The van der Waals surface area contributed by atoms with E-state index in [0.717, 1.165) is 12.0 Å². The monoisotopic (exact) mass is 268 g/mol. The Morgan fingerprint density at radius 1 is 1.28 bits per heavy atom. The third-order valence-corrected chi connectivity index (χ3v) is 6.01. The molecule has 5 heteroatoms. The number of aliphatic carboxylic acids is 1. The first-order valence-electron chi connectivity index (χ1n) is 6.01. The van der Waals surface area contributed by atoms with Gasteiger partial charge in [0.25, 0.3) is 0 Å². The Balaban J connectivity index is 2.21. The van der Waals surface area contributed by atoms with E-state index in [1.807, 2.05) is 6.07 Å². The molecule has 1 aliphatic rings. The number of hydrogen-bond acceptors (Lipinski definition) is 3. The van der Waals surface area contributed by atoms with Crippen molar-refractivity contribution in [2.24, 2.45) is 0 Å². The molecular formula is C13H16O4S. The van der Waals surface area contributed by atoms with Gasteiger partial charge in [-0.05, 0) is 24.8 Å². The first kappa shape index (κ1) is 13.1. The SMILES string of the molecule is O=C(O)C(Cc1ccccc1)S(=O)(=O)C1CCC1. The second-order valence-corrected chi connectivity index (χ2v) is 7.07. The van der Waals surface area contributed by atoms with Crippen LogP contribution >= 0.6 is 0 Å². The van der Waals surface area contributed by atoms with Gasteiger partial charge < -0.3 is 5.11 Å². The molecule has 0 aromatic heterocycles. The van der Waals surface area contributed by atoms with Gasteiger partial charge in [-0.3, -0.25) is 4.79 Å². The van der Waals surface area contributed by atoms with Gasteiger partial charge in [-0.15, -0.1) is 0 Å². The molecule has 1 fully saturated rings. The fraction of sp³-hybridized carbons (Fsp3) is 0.462. The van der Waals surface area contributed by atoms with Gasteiger partial charge in [0, 0.05) is 0 Å². The van der Waals surface area contributed by atoms with Crippen LogP contribution in [-0.4, -0.2) is 30.0 Å². The Labute approximate surface area is 107 Å². The van der Waals surface area contributed by atoms with Gasteiger partial charge in [0.1, 0.15) is 0 Å². The molecule has 1 aromatic rings. The summed E-state index contributed by atoms with van der Waals surface area (Å²) >= 11 is 0. The molecule has 0 radical (unpaired) electrons. The number of sulfone groups is 1. The smallest absolute Gasteiger partial charge is 0.322 e. The van der Waals surface area contributed by atoms with E-state index in [9.17, 15) is 13.2 Å². The largest absolute Gasteiger partial charge is 0.480 e. The minimum absolute atomic E-state index is 0.0506. The van der Waals surface area contributed by atoms with E-state index in [0.29, 0.717) is 12.8 Å². The summed E-state index contributed by atoms with van der Waals surface area (Å²) in [4.78, 5) is 11.2. The average Bonchev–Trinajstić information content (AvgIpc) is 2.23. The summed E-state index contributed by atoms with van der Waals surface area (Å²) in [6, 6.07) is 8.90. The van der Waals surface area contributed by atoms with Crippen LogP contribution in [0.5, 0.6) is 0 Å². The highest BCUT2D eigenvalue weighted by atomic mass is 32.2. The Hall–Kier alpha value is -1.36. The van der Waals surface area contributed by atoms with Crippen LogP contribution in [0.2, 0.25) is 0 Å². The fourth-order valence-electron chi connectivity index (χ4n) is 2.10. The zero-order chi connectivity index (χ0) is 13.2. The summed E-state index contributed by atoms with van der Waals surface area (Å²) in [5, 5.41) is 7.39. The number of carboxylic acids is 1. The Morgan fingerprint density at radius 2 is 1.89 bits per heavy atom. The molecule has 4 nitrogen and oxygen atoms in total. The lowest BCUT2D eigenvalue weighted by Crippen LogP contribution is -2.42. The molecule has 0 spiro atoms. The van der Waals surface area contributed by atoms with Crippen LogP contribution in [0.3, 0.4) is 0 Å². The van der Waals surface area contributed by atoms with E-state index >= 15 is 0 Å². The van der Waals surface area contributed by atoms with Gasteiger partial charge in [0.05, 0.1) is 5.25 Å². The van der Waals surface area contributed by atoms with Gasteiger partial charge in [-0.25, -0.2) is 8.42 Å². The third kappa shape index (κ3) is 2.56. The zero-order valence-corrected chi connectivity index (χ0v) is 10.8. The first-order valence-corrected chi connectivity index (χ1v) is 7.62. The van der Waals surface area contributed by atoms with Gasteiger partial charge in [-0.2, -0.15) is 0 Å². The molecule has 0 bridgehead atoms. The maximum Gasteiger partial charge on any atom is 0.322 e. The van der Waals surface area contributed by atoms with Crippen LogP contribution in [0.1, 0.15) is 24.8 Å². The fourth-order valence-corrected chi connectivity index (χ4v) is 4.26. The van der Waals surface area contributed by atoms with Crippen molar-refractivity contribution >= 4 is 15.8 Å².